The van der Waals surface area contributed by atoms with Crippen molar-refractivity contribution < 1.29 is 0 Å². The lowest BCUT2D eigenvalue weighted by Gasteiger charge is -2.14. The second-order valence-electron chi connectivity index (χ2n) is 4.61. The minimum atomic E-state index is 0.453. The van der Waals surface area contributed by atoms with E-state index in [-0.39, 0.29) is 0 Å². The van der Waals surface area contributed by atoms with E-state index in [2.05, 4.69) is 10.4 Å². The molecular formula is C14H14N2O2. The van der Waals surface area contributed by atoms with Crippen molar-refractivity contribution >= 4 is 22.1 Å². The molecule has 0 fully saturated rings. The zero-order valence-electron chi connectivity index (χ0n) is 10.9. The van der Waals surface area contributed by atoms with Gasteiger partial charge in [0.05, 0.1) is 0 Å². The number of hydrogen-bond acceptors (Lipinski definition) is 4. The number of hydrogen-bond donors (Lipinski definition) is 0. The molecule has 2 aromatic carbocycles. The Balaban J connectivity index is 3.08. The first-order chi connectivity index (χ1) is 8.51. The summed E-state index contributed by atoms with van der Waals surface area (Å²) in [6, 6.07) is 3.51. The first-order valence-electron chi connectivity index (χ1n) is 5.72. The Hall–Kier alpha value is -2.10. The molecule has 0 aromatic heterocycles. The largest absolute Gasteiger partial charge is 0.145 e. The van der Waals surface area contributed by atoms with E-state index in [1.165, 1.54) is 0 Å². The van der Waals surface area contributed by atoms with Crippen LogP contribution in [0.5, 0.6) is 0 Å². The Kier molecular flexibility index (Phi) is 2.95. The van der Waals surface area contributed by atoms with Crippen LogP contribution in [-0.4, -0.2) is 0 Å². The summed E-state index contributed by atoms with van der Waals surface area (Å²) in [6.07, 6.45) is 0. The van der Waals surface area contributed by atoms with Gasteiger partial charge < -0.3 is 0 Å². The lowest BCUT2D eigenvalue weighted by atomic mass is 9.92. The summed E-state index contributed by atoms with van der Waals surface area (Å²) >= 11 is 0. The molecule has 0 aliphatic heterocycles. The van der Waals surface area contributed by atoms with Crippen molar-refractivity contribution in [2.24, 2.45) is 10.4 Å². The monoisotopic (exact) mass is 242 g/mol. The highest BCUT2D eigenvalue weighted by atomic mass is 16.3. The average molecular weight is 242 g/mol. The highest BCUT2D eigenvalue weighted by molar-refractivity contribution is 5.99. The number of aryl methyl sites for hydroxylation is 4. The minimum absolute atomic E-state index is 0.453. The van der Waals surface area contributed by atoms with Gasteiger partial charge in [0, 0.05) is 0 Å². The van der Waals surface area contributed by atoms with Gasteiger partial charge in [-0.3, -0.25) is 0 Å². The first-order valence-corrected chi connectivity index (χ1v) is 5.72. The fourth-order valence-corrected chi connectivity index (χ4v) is 2.58. The van der Waals surface area contributed by atoms with Crippen LogP contribution in [0.1, 0.15) is 22.3 Å². The van der Waals surface area contributed by atoms with E-state index >= 15 is 0 Å². The second-order valence-corrected chi connectivity index (χ2v) is 4.61. The van der Waals surface area contributed by atoms with E-state index < -0.39 is 0 Å². The molecule has 0 spiro atoms. The minimum Gasteiger partial charge on any atom is -0.145 e. The average Bonchev–Trinajstić information content (AvgIpc) is 2.35. The predicted octanol–water partition coefficient (Wildman–Crippen LogP) is 4.87. The van der Waals surface area contributed by atoms with Crippen molar-refractivity contribution in [3.63, 3.8) is 0 Å². The summed E-state index contributed by atoms with van der Waals surface area (Å²) in [6.45, 7) is 7.58. The Labute approximate surface area is 105 Å². The molecule has 0 atom stereocenters. The molecule has 4 nitrogen and oxygen atoms in total. The third-order valence-electron chi connectivity index (χ3n) is 3.46. The molecule has 0 unspecified atom stereocenters. The summed E-state index contributed by atoms with van der Waals surface area (Å²) in [5, 5.41) is 8.11. The number of fused-ring (bicyclic) bond motifs is 1. The van der Waals surface area contributed by atoms with Gasteiger partial charge >= 0.3 is 0 Å². The summed E-state index contributed by atoms with van der Waals surface area (Å²) in [7, 11) is 0. The zero-order valence-corrected chi connectivity index (χ0v) is 10.9. The Morgan fingerprint density at radius 1 is 0.722 bits per heavy atom. The highest BCUT2D eigenvalue weighted by Gasteiger charge is 2.14. The first kappa shape index (κ1) is 12.4. The molecule has 0 amide bonds. The molecule has 0 heterocycles. The van der Waals surface area contributed by atoms with E-state index in [0.717, 1.165) is 33.0 Å². The second kappa shape index (κ2) is 4.29. The van der Waals surface area contributed by atoms with Gasteiger partial charge in [0.1, 0.15) is 11.4 Å². The zero-order chi connectivity index (χ0) is 13.4. The topological polar surface area (TPSA) is 58.9 Å². The maximum Gasteiger partial charge on any atom is 0.111 e. The highest BCUT2D eigenvalue weighted by Crippen LogP contribution is 2.38. The Morgan fingerprint density at radius 3 is 1.33 bits per heavy atom. The standard InChI is InChI=1S/C14H14N2O2/c1-7-5-11(15-17)10(4)14-8(2)6-12(16-18)9(3)13(7)14/h5-6H,1-4H3. The van der Waals surface area contributed by atoms with Crippen LogP contribution >= 0.6 is 0 Å². The van der Waals surface area contributed by atoms with Crippen LogP contribution in [0.2, 0.25) is 0 Å². The molecule has 92 valence electrons. The van der Waals surface area contributed by atoms with E-state index in [1.54, 1.807) is 12.1 Å². The molecule has 18 heavy (non-hydrogen) atoms. The fraction of sp³-hybridized carbons (Fsp3) is 0.286. The third kappa shape index (κ3) is 1.61. The van der Waals surface area contributed by atoms with Crippen LogP contribution in [0.3, 0.4) is 0 Å². The van der Waals surface area contributed by atoms with Crippen LogP contribution in [0.15, 0.2) is 22.5 Å². The van der Waals surface area contributed by atoms with Gasteiger partial charge in [-0.25, -0.2) is 0 Å². The summed E-state index contributed by atoms with van der Waals surface area (Å²) in [4.78, 5) is 21.6. The quantitative estimate of drug-likeness (QED) is 0.705. The number of nitrogens with zero attached hydrogens (tertiary/aromatic N) is 2. The molecule has 0 aliphatic rings. The van der Waals surface area contributed by atoms with Crippen molar-refractivity contribution in [2.45, 2.75) is 27.7 Å². The normalized spacial score (nSPS) is 10.7. The van der Waals surface area contributed by atoms with Crippen molar-refractivity contribution in [3.8, 4) is 0 Å². The van der Waals surface area contributed by atoms with Crippen molar-refractivity contribution in [1.82, 2.24) is 0 Å². The molecule has 0 bridgehead atoms. The summed E-state index contributed by atoms with van der Waals surface area (Å²) in [5.74, 6) is 0. The molecule has 0 saturated heterocycles. The van der Waals surface area contributed by atoms with Gasteiger partial charge in [0.15, 0.2) is 0 Å². The van der Waals surface area contributed by atoms with Crippen molar-refractivity contribution in [1.29, 1.82) is 0 Å². The van der Waals surface area contributed by atoms with E-state index in [9.17, 15) is 9.81 Å². The SMILES string of the molecule is Cc1cc(N=O)c(C)c2c(C)cc(N=O)c(C)c12. The number of nitroso groups, excluding NO2 is 2. The van der Waals surface area contributed by atoms with Crippen LogP contribution in [0, 0.1) is 37.5 Å². The predicted molar refractivity (Wildman–Crippen MR) is 73.8 cm³/mol. The van der Waals surface area contributed by atoms with Gasteiger partial charge in [0.2, 0.25) is 0 Å². The maximum atomic E-state index is 10.8. The smallest absolute Gasteiger partial charge is 0.111 e. The lowest BCUT2D eigenvalue weighted by Crippen LogP contribution is -1.91. The van der Waals surface area contributed by atoms with Gasteiger partial charge in [-0.05, 0) is 83.2 Å². The maximum absolute atomic E-state index is 10.8. The van der Waals surface area contributed by atoms with E-state index in [1.807, 2.05) is 27.7 Å². The number of benzene rings is 2. The van der Waals surface area contributed by atoms with E-state index in [4.69, 9.17) is 0 Å². The molecular weight excluding hydrogens is 228 g/mol. The summed E-state index contributed by atoms with van der Waals surface area (Å²) < 4.78 is 0. The van der Waals surface area contributed by atoms with Crippen LogP contribution in [0.4, 0.5) is 11.4 Å². The molecule has 4 heteroatoms. The molecule has 0 saturated carbocycles. The molecule has 0 aliphatic carbocycles. The van der Waals surface area contributed by atoms with E-state index in [0.29, 0.717) is 11.4 Å². The molecule has 0 N–H and O–H groups in total. The van der Waals surface area contributed by atoms with Crippen LogP contribution in [-0.2, 0) is 0 Å². The van der Waals surface area contributed by atoms with Crippen LogP contribution in [0.25, 0.3) is 10.8 Å². The molecule has 2 rings (SSSR count). The van der Waals surface area contributed by atoms with Gasteiger partial charge in [-0.15, -0.1) is 9.81 Å². The fourth-order valence-electron chi connectivity index (χ4n) is 2.58. The van der Waals surface area contributed by atoms with Crippen molar-refractivity contribution in [2.75, 3.05) is 0 Å². The van der Waals surface area contributed by atoms with Gasteiger partial charge in [-0.2, -0.15) is 0 Å². The Bertz CT molecular complexity index is 616. The van der Waals surface area contributed by atoms with Gasteiger partial charge in [0.25, 0.3) is 0 Å². The number of rotatable bonds is 2. The van der Waals surface area contributed by atoms with Crippen molar-refractivity contribution in [3.05, 3.63) is 44.2 Å². The summed E-state index contributed by atoms with van der Waals surface area (Å²) in [5.41, 5.74) is 4.49. The third-order valence-corrected chi connectivity index (χ3v) is 3.46. The molecule has 0 radical (unpaired) electrons. The van der Waals surface area contributed by atoms with Crippen LogP contribution < -0.4 is 0 Å². The Morgan fingerprint density at radius 2 is 1.06 bits per heavy atom. The lowest BCUT2D eigenvalue weighted by molar-refractivity contribution is 1.33. The molecule has 2 aromatic rings. The van der Waals surface area contributed by atoms with Gasteiger partial charge in [-0.1, -0.05) is 0 Å².